The third-order valence-electron chi connectivity index (χ3n) is 3.83. The smallest absolute Gasteiger partial charge is 0.146 e. The normalized spacial score (nSPS) is 12.4. The SMILES string of the molecule is C#Cc1cccc(/C(C)=C(/C(=N/C)C(=N)C(=C)C)c2ccn[nH]2)c1F. The number of benzene rings is 1. The Morgan fingerprint density at radius 3 is 2.60 bits per heavy atom. The lowest BCUT2D eigenvalue weighted by Gasteiger charge is -2.16. The van der Waals surface area contributed by atoms with Crippen LogP contribution in [-0.2, 0) is 0 Å². The van der Waals surface area contributed by atoms with Gasteiger partial charge in [0, 0.05) is 24.4 Å². The van der Waals surface area contributed by atoms with E-state index in [1.165, 1.54) is 0 Å². The Morgan fingerprint density at radius 1 is 1.36 bits per heavy atom. The summed E-state index contributed by atoms with van der Waals surface area (Å²) in [4.78, 5) is 4.25. The number of terminal acetylenes is 1. The number of aromatic amines is 1. The number of hydrogen-bond donors (Lipinski definition) is 2. The van der Waals surface area contributed by atoms with E-state index >= 15 is 0 Å². The Labute approximate surface area is 146 Å². The van der Waals surface area contributed by atoms with Crippen molar-refractivity contribution in [2.45, 2.75) is 13.8 Å². The molecule has 0 bridgehead atoms. The molecule has 0 unspecified atom stereocenters. The highest BCUT2D eigenvalue weighted by molar-refractivity contribution is 6.62. The van der Waals surface area contributed by atoms with Crippen LogP contribution in [0, 0.1) is 23.6 Å². The van der Waals surface area contributed by atoms with Crippen molar-refractivity contribution in [2.75, 3.05) is 7.05 Å². The highest BCUT2D eigenvalue weighted by Gasteiger charge is 2.21. The molecule has 126 valence electrons. The molecule has 0 aliphatic carbocycles. The van der Waals surface area contributed by atoms with Crippen molar-refractivity contribution in [3.63, 3.8) is 0 Å². The topological polar surface area (TPSA) is 64.9 Å². The van der Waals surface area contributed by atoms with Crippen molar-refractivity contribution in [3.8, 4) is 12.3 Å². The second kappa shape index (κ2) is 7.54. The molecule has 0 atom stereocenters. The molecule has 0 radical (unpaired) electrons. The number of allylic oxidation sites excluding steroid dienone is 3. The minimum Gasteiger partial charge on any atom is -0.298 e. The van der Waals surface area contributed by atoms with Gasteiger partial charge in [-0.05, 0) is 37.1 Å². The average molecular weight is 334 g/mol. The molecule has 25 heavy (non-hydrogen) atoms. The van der Waals surface area contributed by atoms with Gasteiger partial charge in [-0.15, -0.1) is 6.42 Å². The van der Waals surface area contributed by atoms with Crippen LogP contribution in [0.5, 0.6) is 0 Å². The van der Waals surface area contributed by atoms with Gasteiger partial charge in [-0.25, -0.2) is 4.39 Å². The number of aromatic nitrogens is 2. The minimum atomic E-state index is -0.475. The van der Waals surface area contributed by atoms with Gasteiger partial charge < -0.3 is 0 Å². The van der Waals surface area contributed by atoms with Crippen LogP contribution in [0.1, 0.15) is 30.7 Å². The second-order valence-corrected chi connectivity index (χ2v) is 5.51. The maximum Gasteiger partial charge on any atom is 0.146 e. The van der Waals surface area contributed by atoms with Gasteiger partial charge in [-0.2, -0.15) is 5.10 Å². The molecule has 1 heterocycles. The first-order valence-corrected chi connectivity index (χ1v) is 7.60. The van der Waals surface area contributed by atoms with Crippen LogP contribution in [0.2, 0.25) is 0 Å². The maximum atomic E-state index is 14.7. The molecule has 0 aliphatic rings. The molecule has 0 amide bonds. The van der Waals surface area contributed by atoms with Crippen molar-refractivity contribution in [2.24, 2.45) is 4.99 Å². The Balaban J connectivity index is 2.80. The molecule has 2 rings (SSSR count). The zero-order valence-corrected chi connectivity index (χ0v) is 14.4. The lowest BCUT2D eigenvalue weighted by atomic mass is 9.91. The maximum absolute atomic E-state index is 14.7. The summed E-state index contributed by atoms with van der Waals surface area (Å²) in [5.74, 6) is 1.87. The fourth-order valence-electron chi connectivity index (χ4n) is 2.52. The number of H-pyrrole nitrogens is 1. The lowest BCUT2D eigenvalue weighted by molar-refractivity contribution is 0.620. The van der Waals surface area contributed by atoms with Gasteiger partial charge in [0.2, 0.25) is 0 Å². The van der Waals surface area contributed by atoms with Gasteiger partial charge in [0.1, 0.15) is 5.82 Å². The van der Waals surface area contributed by atoms with Crippen LogP contribution in [0.25, 0.3) is 11.1 Å². The number of halogens is 1. The van der Waals surface area contributed by atoms with Gasteiger partial charge in [0.15, 0.2) is 0 Å². The predicted molar refractivity (Wildman–Crippen MR) is 101 cm³/mol. The number of aliphatic imine (C=N–C) groups is 1. The average Bonchev–Trinajstić information content (AvgIpc) is 3.12. The van der Waals surface area contributed by atoms with Crippen LogP contribution >= 0.6 is 0 Å². The van der Waals surface area contributed by atoms with Crippen molar-refractivity contribution < 1.29 is 4.39 Å². The summed E-state index contributed by atoms with van der Waals surface area (Å²) in [6.45, 7) is 7.31. The Kier molecular flexibility index (Phi) is 5.45. The number of hydrogen-bond acceptors (Lipinski definition) is 3. The van der Waals surface area contributed by atoms with E-state index in [0.29, 0.717) is 33.7 Å². The Bertz CT molecular complexity index is 925. The number of rotatable bonds is 5. The molecule has 0 saturated carbocycles. The van der Waals surface area contributed by atoms with E-state index in [-0.39, 0.29) is 11.3 Å². The van der Waals surface area contributed by atoms with E-state index in [1.54, 1.807) is 51.4 Å². The van der Waals surface area contributed by atoms with E-state index in [9.17, 15) is 4.39 Å². The predicted octanol–water partition coefficient (Wildman–Crippen LogP) is 4.13. The largest absolute Gasteiger partial charge is 0.298 e. The molecular weight excluding hydrogens is 315 g/mol. The van der Waals surface area contributed by atoms with Gasteiger partial charge >= 0.3 is 0 Å². The molecule has 0 spiro atoms. The van der Waals surface area contributed by atoms with E-state index in [1.807, 2.05) is 0 Å². The number of nitrogens with zero attached hydrogens (tertiary/aromatic N) is 2. The molecule has 0 aliphatic heterocycles. The van der Waals surface area contributed by atoms with Crippen LogP contribution in [0.4, 0.5) is 4.39 Å². The first kappa shape index (κ1) is 18.1. The Hall–Kier alpha value is -3.26. The summed E-state index contributed by atoms with van der Waals surface area (Å²) in [5.41, 5.74) is 3.51. The van der Waals surface area contributed by atoms with Crippen molar-refractivity contribution in [1.82, 2.24) is 10.2 Å². The van der Waals surface area contributed by atoms with Crippen LogP contribution in [-0.4, -0.2) is 28.7 Å². The summed E-state index contributed by atoms with van der Waals surface area (Å²) >= 11 is 0. The van der Waals surface area contributed by atoms with Crippen molar-refractivity contribution in [1.29, 1.82) is 5.41 Å². The molecule has 4 nitrogen and oxygen atoms in total. The third kappa shape index (κ3) is 3.48. The first-order chi connectivity index (χ1) is 11.9. The number of nitrogens with one attached hydrogen (secondary N) is 2. The molecule has 2 N–H and O–H groups in total. The summed E-state index contributed by atoms with van der Waals surface area (Å²) in [6, 6.07) is 6.65. The van der Waals surface area contributed by atoms with E-state index < -0.39 is 5.82 Å². The molecule has 0 fully saturated rings. The fourth-order valence-corrected chi connectivity index (χ4v) is 2.52. The van der Waals surface area contributed by atoms with E-state index in [4.69, 9.17) is 11.8 Å². The van der Waals surface area contributed by atoms with Gasteiger partial charge in [0.25, 0.3) is 0 Å². The van der Waals surface area contributed by atoms with E-state index in [2.05, 4.69) is 27.7 Å². The van der Waals surface area contributed by atoms with Crippen LogP contribution < -0.4 is 0 Å². The highest BCUT2D eigenvalue weighted by atomic mass is 19.1. The van der Waals surface area contributed by atoms with Gasteiger partial charge in [-0.1, -0.05) is 24.6 Å². The third-order valence-corrected chi connectivity index (χ3v) is 3.83. The van der Waals surface area contributed by atoms with Gasteiger partial charge in [-0.3, -0.25) is 15.5 Å². The van der Waals surface area contributed by atoms with Crippen molar-refractivity contribution >= 4 is 22.6 Å². The fraction of sp³-hybridized carbons (Fsp3) is 0.150. The Morgan fingerprint density at radius 2 is 2.08 bits per heavy atom. The standard InChI is InChI=1S/C20H19FN4/c1-6-14-8-7-9-15(18(14)21)13(4)17(16-10-11-24-25-16)20(23-5)19(22)12(2)3/h1,7-11,22H,2H2,3-5H3,(H,24,25)/b17-13+,22-19?,23-20-. The monoisotopic (exact) mass is 334 g/mol. The molecule has 2 aromatic rings. The van der Waals surface area contributed by atoms with Crippen LogP contribution in [0.3, 0.4) is 0 Å². The molecule has 1 aromatic carbocycles. The summed E-state index contributed by atoms with van der Waals surface area (Å²) in [7, 11) is 1.59. The quantitative estimate of drug-likeness (QED) is 0.627. The highest BCUT2D eigenvalue weighted by Crippen LogP contribution is 2.30. The zero-order valence-electron chi connectivity index (χ0n) is 14.4. The zero-order chi connectivity index (χ0) is 18.6. The van der Waals surface area contributed by atoms with Gasteiger partial charge in [0.05, 0.1) is 22.7 Å². The minimum absolute atomic E-state index is 0.181. The molecular formula is C20H19FN4. The summed E-state index contributed by atoms with van der Waals surface area (Å²) in [5, 5.41) is 15.1. The molecule has 0 saturated heterocycles. The second-order valence-electron chi connectivity index (χ2n) is 5.51. The lowest BCUT2D eigenvalue weighted by Crippen LogP contribution is -2.17. The molecule has 5 heteroatoms. The van der Waals surface area contributed by atoms with Crippen LogP contribution in [0.15, 0.2) is 47.6 Å². The van der Waals surface area contributed by atoms with E-state index in [0.717, 1.165) is 0 Å². The first-order valence-electron chi connectivity index (χ1n) is 7.60. The molecule has 1 aromatic heterocycles. The van der Waals surface area contributed by atoms with Crippen molar-refractivity contribution in [3.05, 3.63) is 65.3 Å². The summed E-state index contributed by atoms with van der Waals surface area (Å²) in [6.07, 6.45) is 6.96. The summed E-state index contributed by atoms with van der Waals surface area (Å²) < 4.78 is 14.7.